The standard InChI is InChI=1S/C15H18FNO2/c1-5-9-17-15(4,14(18)19-6-2)12-8-7-11(3)13(16)10-12/h1,7-8,10,17H,6,9H2,2-4H3. The summed E-state index contributed by atoms with van der Waals surface area (Å²) in [5.41, 5.74) is -0.145. The third-order valence-corrected chi connectivity index (χ3v) is 2.98. The molecule has 3 nitrogen and oxygen atoms in total. The van der Waals surface area contributed by atoms with Gasteiger partial charge < -0.3 is 4.74 Å². The average molecular weight is 263 g/mol. The van der Waals surface area contributed by atoms with Crippen LogP contribution in [0.3, 0.4) is 0 Å². The van der Waals surface area contributed by atoms with Crippen LogP contribution in [0.15, 0.2) is 18.2 Å². The molecule has 0 aliphatic rings. The highest BCUT2D eigenvalue weighted by molar-refractivity contribution is 5.82. The van der Waals surface area contributed by atoms with Crippen molar-refractivity contribution in [2.75, 3.05) is 13.2 Å². The van der Waals surface area contributed by atoms with Gasteiger partial charge in [-0.1, -0.05) is 18.1 Å². The number of ether oxygens (including phenoxy) is 1. The molecule has 0 radical (unpaired) electrons. The zero-order chi connectivity index (χ0) is 14.5. The quantitative estimate of drug-likeness (QED) is 0.653. The third kappa shape index (κ3) is 3.33. The van der Waals surface area contributed by atoms with Crippen LogP contribution in [-0.2, 0) is 15.1 Å². The Balaban J connectivity index is 3.18. The minimum atomic E-state index is -1.16. The zero-order valence-electron chi connectivity index (χ0n) is 11.4. The molecule has 0 heterocycles. The van der Waals surface area contributed by atoms with Crippen molar-refractivity contribution in [1.29, 1.82) is 0 Å². The van der Waals surface area contributed by atoms with Crippen molar-refractivity contribution in [3.63, 3.8) is 0 Å². The van der Waals surface area contributed by atoms with E-state index in [0.717, 1.165) is 0 Å². The molecule has 0 aromatic heterocycles. The van der Waals surface area contributed by atoms with Crippen molar-refractivity contribution >= 4 is 5.97 Å². The predicted molar refractivity (Wildman–Crippen MR) is 72.0 cm³/mol. The van der Waals surface area contributed by atoms with Gasteiger partial charge in [0.15, 0.2) is 0 Å². The Bertz CT molecular complexity index is 507. The Morgan fingerprint density at radius 2 is 2.26 bits per heavy atom. The maximum atomic E-state index is 13.7. The van der Waals surface area contributed by atoms with E-state index in [1.54, 1.807) is 32.9 Å². The van der Waals surface area contributed by atoms with Crippen LogP contribution in [0.4, 0.5) is 4.39 Å². The number of terminal acetylenes is 1. The number of rotatable bonds is 5. The molecule has 1 unspecified atom stereocenters. The lowest BCUT2D eigenvalue weighted by molar-refractivity contribution is -0.150. The Morgan fingerprint density at radius 3 is 2.79 bits per heavy atom. The van der Waals surface area contributed by atoms with Gasteiger partial charge in [-0.2, -0.15) is 0 Å². The number of carbonyl (C=O) groups is 1. The lowest BCUT2D eigenvalue weighted by Crippen LogP contribution is -2.48. The Hall–Kier alpha value is -1.86. The second-order valence-electron chi connectivity index (χ2n) is 4.37. The van der Waals surface area contributed by atoms with Gasteiger partial charge in [0.1, 0.15) is 11.4 Å². The molecular formula is C15H18FNO2. The molecule has 1 atom stereocenters. The second kappa shape index (κ2) is 6.35. The number of hydrogen-bond donors (Lipinski definition) is 1. The summed E-state index contributed by atoms with van der Waals surface area (Å²) in [5, 5.41) is 2.92. The average Bonchev–Trinajstić information content (AvgIpc) is 2.39. The van der Waals surface area contributed by atoms with Gasteiger partial charge >= 0.3 is 5.97 Å². The molecule has 19 heavy (non-hydrogen) atoms. The summed E-state index contributed by atoms with van der Waals surface area (Å²) in [6, 6.07) is 4.65. The molecule has 1 aromatic carbocycles. The molecule has 0 spiro atoms. The normalized spacial score (nSPS) is 13.4. The summed E-state index contributed by atoms with van der Waals surface area (Å²) in [6.45, 7) is 5.45. The molecule has 1 N–H and O–H groups in total. The van der Waals surface area contributed by atoms with E-state index >= 15 is 0 Å². The summed E-state index contributed by atoms with van der Waals surface area (Å²) in [5.74, 6) is 1.56. The van der Waals surface area contributed by atoms with Crippen LogP contribution in [0, 0.1) is 25.1 Å². The Labute approximate surface area is 113 Å². The first-order valence-corrected chi connectivity index (χ1v) is 6.08. The minimum absolute atomic E-state index is 0.185. The maximum Gasteiger partial charge on any atom is 0.330 e. The third-order valence-electron chi connectivity index (χ3n) is 2.98. The van der Waals surface area contributed by atoms with E-state index < -0.39 is 11.5 Å². The largest absolute Gasteiger partial charge is 0.464 e. The number of benzene rings is 1. The van der Waals surface area contributed by atoms with E-state index in [-0.39, 0.29) is 19.0 Å². The van der Waals surface area contributed by atoms with Crippen LogP contribution in [0.1, 0.15) is 25.0 Å². The molecule has 0 amide bonds. The summed E-state index contributed by atoms with van der Waals surface area (Å²) < 4.78 is 18.7. The maximum absolute atomic E-state index is 13.7. The highest BCUT2D eigenvalue weighted by atomic mass is 19.1. The summed E-state index contributed by atoms with van der Waals surface area (Å²) >= 11 is 0. The molecule has 1 aromatic rings. The van der Waals surface area contributed by atoms with Crippen molar-refractivity contribution in [1.82, 2.24) is 5.32 Å². The predicted octanol–water partition coefficient (Wildman–Crippen LogP) is 2.14. The van der Waals surface area contributed by atoms with Crippen LogP contribution in [0.2, 0.25) is 0 Å². The van der Waals surface area contributed by atoms with Gasteiger partial charge in [0.25, 0.3) is 0 Å². The molecule has 0 bridgehead atoms. The van der Waals surface area contributed by atoms with Crippen molar-refractivity contribution in [2.24, 2.45) is 0 Å². The van der Waals surface area contributed by atoms with Gasteiger partial charge in [0, 0.05) is 0 Å². The Morgan fingerprint density at radius 1 is 1.58 bits per heavy atom. The molecule has 0 aliphatic carbocycles. The fourth-order valence-corrected chi connectivity index (χ4v) is 1.70. The number of hydrogen-bond acceptors (Lipinski definition) is 3. The van der Waals surface area contributed by atoms with E-state index in [0.29, 0.717) is 11.1 Å². The van der Waals surface area contributed by atoms with Crippen molar-refractivity contribution < 1.29 is 13.9 Å². The van der Waals surface area contributed by atoms with Crippen LogP contribution < -0.4 is 5.32 Å². The number of aryl methyl sites for hydroxylation is 1. The first-order chi connectivity index (χ1) is 8.95. The van der Waals surface area contributed by atoms with E-state index in [9.17, 15) is 9.18 Å². The number of carbonyl (C=O) groups excluding carboxylic acids is 1. The lowest BCUT2D eigenvalue weighted by Gasteiger charge is -2.28. The Kier molecular flexibility index (Phi) is 5.08. The topological polar surface area (TPSA) is 38.3 Å². The van der Waals surface area contributed by atoms with Crippen molar-refractivity contribution in [3.8, 4) is 12.3 Å². The monoisotopic (exact) mass is 263 g/mol. The molecule has 0 aliphatic heterocycles. The SMILES string of the molecule is C#CCNC(C)(C(=O)OCC)c1ccc(C)c(F)c1. The van der Waals surface area contributed by atoms with Crippen LogP contribution in [0.25, 0.3) is 0 Å². The van der Waals surface area contributed by atoms with Crippen LogP contribution in [-0.4, -0.2) is 19.1 Å². The van der Waals surface area contributed by atoms with Gasteiger partial charge in [-0.25, -0.2) is 9.18 Å². The number of nitrogens with one attached hydrogen (secondary N) is 1. The zero-order valence-corrected chi connectivity index (χ0v) is 11.4. The second-order valence-corrected chi connectivity index (χ2v) is 4.37. The highest BCUT2D eigenvalue weighted by Gasteiger charge is 2.36. The summed E-state index contributed by atoms with van der Waals surface area (Å²) in [4.78, 5) is 12.1. The van der Waals surface area contributed by atoms with Crippen LogP contribution in [0.5, 0.6) is 0 Å². The number of esters is 1. The molecular weight excluding hydrogens is 245 g/mol. The van der Waals surface area contributed by atoms with Gasteiger partial charge in [-0.15, -0.1) is 6.42 Å². The molecule has 102 valence electrons. The smallest absolute Gasteiger partial charge is 0.330 e. The highest BCUT2D eigenvalue weighted by Crippen LogP contribution is 2.24. The first-order valence-electron chi connectivity index (χ1n) is 6.08. The van der Waals surface area contributed by atoms with Gasteiger partial charge in [-0.05, 0) is 38.0 Å². The summed E-state index contributed by atoms with van der Waals surface area (Å²) in [6.07, 6.45) is 5.20. The lowest BCUT2D eigenvalue weighted by atomic mass is 9.91. The molecule has 4 heteroatoms. The summed E-state index contributed by atoms with van der Waals surface area (Å²) in [7, 11) is 0. The van der Waals surface area contributed by atoms with Crippen molar-refractivity contribution in [3.05, 3.63) is 35.1 Å². The van der Waals surface area contributed by atoms with Gasteiger partial charge in [0.2, 0.25) is 0 Å². The van der Waals surface area contributed by atoms with Crippen LogP contribution >= 0.6 is 0 Å². The van der Waals surface area contributed by atoms with E-state index in [2.05, 4.69) is 11.2 Å². The molecule has 0 saturated heterocycles. The van der Waals surface area contributed by atoms with Gasteiger partial charge in [-0.3, -0.25) is 5.32 Å². The van der Waals surface area contributed by atoms with E-state index in [4.69, 9.17) is 11.2 Å². The molecule has 0 fully saturated rings. The molecule has 0 saturated carbocycles. The minimum Gasteiger partial charge on any atom is -0.464 e. The molecule has 1 rings (SSSR count). The van der Waals surface area contributed by atoms with E-state index in [1.807, 2.05) is 0 Å². The van der Waals surface area contributed by atoms with E-state index in [1.165, 1.54) is 6.07 Å². The fraction of sp³-hybridized carbons (Fsp3) is 0.400. The van der Waals surface area contributed by atoms with Crippen molar-refractivity contribution in [2.45, 2.75) is 26.3 Å². The fourth-order valence-electron chi connectivity index (χ4n) is 1.70. The first kappa shape index (κ1) is 15.2. The number of halogens is 1. The van der Waals surface area contributed by atoms with Gasteiger partial charge in [0.05, 0.1) is 13.2 Å².